The molecule has 0 amide bonds. The molecule has 0 N–H and O–H groups in total. The van der Waals surface area contributed by atoms with Gasteiger partial charge in [0.2, 0.25) is 0 Å². The van der Waals surface area contributed by atoms with Gasteiger partial charge in [-0.3, -0.25) is 11.8 Å². The van der Waals surface area contributed by atoms with Crippen LogP contribution in [-0.4, -0.2) is 17.7 Å². The van der Waals surface area contributed by atoms with Gasteiger partial charge in [0.1, 0.15) is 0 Å². The number of halogens is 6. The molecule has 0 fully saturated rings. The molecular weight excluding hydrogens is 1820 g/mol. The van der Waals surface area contributed by atoms with Crippen LogP contribution >= 0.6 is 55.3 Å². The van der Waals surface area contributed by atoms with E-state index in [4.69, 9.17) is 12.8 Å². The number of hydrogen-bond acceptors (Lipinski definition) is 0. The molecule has 0 aliphatic heterocycles. The Balaban J connectivity index is 0.000000305. The number of benzene rings is 12. The van der Waals surface area contributed by atoms with E-state index < -0.39 is 55.3 Å². The van der Waals surface area contributed by atoms with Crippen LogP contribution in [0.2, 0.25) is 0 Å². The minimum absolute atomic E-state index is 0. The van der Waals surface area contributed by atoms with Crippen LogP contribution in [0.25, 0.3) is 0 Å². The molecule has 0 saturated carbocycles. The topological polar surface area (TPSA) is 0 Å². The summed E-state index contributed by atoms with van der Waals surface area (Å²) in [4.78, 5) is 0. The van der Waals surface area contributed by atoms with E-state index in [0.717, 1.165) is 11.1 Å². The van der Waals surface area contributed by atoms with Crippen molar-refractivity contribution in [2.75, 3.05) is 17.7 Å². The Morgan fingerprint density at radius 1 is 0.205 bits per heavy atom. The molecule has 0 radical (unpaired) electrons. The van der Waals surface area contributed by atoms with Crippen LogP contribution in [0.3, 0.4) is 0 Å². The standard InChI is InChI=1S/3C25H22P2.2C7H4.2C5H5.3Cu.F6P.2Fe/c3*1-5-13-22(14-6-1)26(23-15-7-2-8-16-23)21-27(24-17-9-3-10-18-24)25-19-11-4-12-20-25;2*1-2-7-5-3-4-6-7;2*1-2-4-5-3-1;;;;1-7(2,3,4,5)6;;/h3*1-20H,21H2;2*3-6H;2*1-5H;;;;;;/q;;;2*-2;2*-1;3*+1;-1;2*+2. The SMILES string of the molecule is F[P-](F)(F)(F)(F)F.[C-]#Cc1cc[cH-]c1.[C-]#Cc1cc[cH-]c1.[Cu+].[Cu+].[Cu+].[Fe+2].[Fe+2].c1cc[cH-]c1.c1cc[cH-]c1.c1ccc(P(CP(c2ccccc2)c2ccccc2)c2ccccc2)cc1.c1ccc(P(CP(c2ccccc2)c2ccccc2)c2ccccc2)cc1.c1ccc(P(CP(c2ccccc2)c2ccccc2)c2ccccc2)cc1. The molecule has 0 unspecified atom stereocenters. The van der Waals surface area contributed by atoms with Gasteiger partial charge in [-0.2, -0.15) is 72.8 Å². The first-order chi connectivity index (χ1) is 54.6. The van der Waals surface area contributed by atoms with Gasteiger partial charge in [0.05, 0.1) is 0 Å². The summed E-state index contributed by atoms with van der Waals surface area (Å²) < 4.78 is 59.2. The van der Waals surface area contributed by atoms with Gasteiger partial charge in [-0.1, -0.05) is 364 Å². The van der Waals surface area contributed by atoms with Gasteiger partial charge < -0.3 is 12.8 Å². The largest absolute Gasteiger partial charge is 2.00 e. The molecule has 0 saturated heterocycles. The first-order valence-electron chi connectivity index (χ1n) is 36.0. The monoisotopic (exact) mass is 1900 g/mol. The Morgan fingerprint density at radius 3 is 0.410 bits per heavy atom. The van der Waals surface area contributed by atoms with Gasteiger partial charge in [0.15, 0.2) is 0 Å². The average Bonchev–Trinajstić information content (AvgIpc) is 0.933. The van der Waals surface area contributed by atoms with Crippen LogP contribution in [0.1, 0.15) is 11.1 Å². The first kappa shape index (κ1) is 102. The molecule has 0 atom stereocenters. The average molecular weight is 1910 g/mol. The normalized spacial score (nSPS) is 10.6. The molecule has 0 nitrogen and oxygen atoms in total. The summed E-state index contributed by atoms with van der Waals surface area (Å²) in [5.74, 6) is 8.03. The second-order valence-electron chi connectivity index (χ2n) is 24.5. The Labute approximate surface area is 749 Å². The van der Waals surface area contributed by atoms with Crippen molar-refractivity contribution in [3.05, 3.63) is 497 Å². The van der Waals surface area contributed by atoms with E-state index >= 15 is 0 Å². The van der Waals surface area contributed by atoms with Gasteiger partial charge in [-0.25, -0.2) is 36.4 Å². The minimum Gasteiger partial charge on any atom is -0.360 e. The third-order valence-electron chi connectivity index (χ3n) is 16.4. The van der Waals surface area contributed by atoms with Crippen molar-refractivity contribution in [2.45, 2.75) is 0 Å². The van der Waals surface area contributed by atoms with Gasteiger partial charge in [-0.15, -0.1) is 11.1 Å². The maximum atomic E-state index is 9.87. The zero-order chi connectivity index (χ0) is 78.6. The molecule has 0 aromatic heterocycles. The summed E-state index contributed by atoms with van der Waals surface area (Å²) in [5.41, 5.74) is 1.69. The Bertz CT molecular complexity index is 4160. The van der Waals surface area contributed by atoms with Crippen molar-refractivity contribution in [3.8, 4) is 11.8 Å². The molecule has 0 heterocycles. The van der Waals surface area contributed by atoms with Crippen molar-refractivity contribution >= 4 is 119 Å². The molecule has 606 valence electrons. The van der Waals surface area contributed by atoms with Crippen molar-refractivity contribution < 1.29 is 111 Å². The van der Waals surface area contributed by atoms with E-state index in [9.17, 15) is 25.2 Å². The summed E-state index contributed by atoms with van der Waals surface area (Å²) in [6.07, 6.45) is 13.2. The van der Waals surface area contributed by atoms with E-state index in [1.54, 1.807) is 0 Å². The fourth-order valence-electron chi connectivity index (χ4n) is 11.1. The van der Waals surface area contributed by atoms with Gasteiger partial charge in [0.25, 0.3) is 0 Å². The molecule has 0 bridgehead atoms. The number of hydrogen-bond donors (Lipinski definition) is 0. The van der Waals surface area contributed by atoms with Crippen molar-refractivity contribution in [2.24, 2.45) is 0 Å². The molecule has 16 aromatic carbocycles. The molecule has 117 heavy (non-hydrogen) atoms. The number of rotatable bonds is 18. The van der Waals surface area contributed by atoms with Crippen molar-refractivity contribution in [1.82, 2.24) is 0 Å². The quantitative estimate of drug-likeness (QED) is 0.0264. The van der Waals surface area contributed by atoms with E-state index in [1.165, 1.54) is 81.4 Å². The van der Waals surface area contributed by atoms with Crippen LogP contribution in [0, 0.1) is 24.7 Å². The fourth-order valence-corrected chi connectivity index (χ4v) is 30.6. The summed E-state index contributed by atoms with van der Waals surface area (Å²) in [7, 11) is -13.1. The van der Waals surface area contributed by atoms with Crippen LogP contribution in [0.4, 0.5) is 25.2 Å². The maximum absolute atomic E-state index is 10.7. The summed E-state index contributed by atoms with van der Waals surface area (Å²) in [5, 5.41) is 17.5. The fraction of sp³-hybridized carbons (Fsp3) is 0.0303. The predicted molar refractivity (Wildman–Crippen MR) is 483 cm³/mol. The van der Waals surface area contributed by atoms with Crippen LogP contribution in [0.5, 0.6) is 0 Å². The van der Waals surface area contributed by atoms with Crippen molar-refractivity contribution in [1.29, 1.82) is 0 Å². The summed E-state index contributed by atoms with van der Waals surface area (Å²) >= 11 is 0. The van der Waals surface area contributed by atoms with Gasteiger partial charge >= 0.3 is 118 Å². The molecule has 0 aliphatic carbocycles. The molecule has 18 heteroatoms. The second kappa shape index (κ2) is 55.2. The third kappa shape index (κ3) is 39.4. The van der Waals surface area contributed by atoms with Gasteiger partial charge in [0, 0.05) is 17.7 Å². The van der Waals surface area contributed by atoms with Crippen LogP contribution in [0.15, 0.2) is 473 Å². The van der Waals surface area contributed by atoms with Crippen LogP contribution < -0.4 is 63.7 Å². The summed E-state index contributed by atoms with van der Waals surface area (Å²) in [6.45, 7) is 0. The Hall–Kier alpha value is -7.65. The molecule has 0 aliphatic rings. The second-order valence-corrected chi connectivity index (χ2v) is 41.1. The molecular formula is C99H84Cu3F6Fe2P7. The molecule has 16 aromatic rings. The predicted octanol–water partition coefficient (Wildman–Crippen LogP) is 24.5. The Morgan fingerprint density at radius 2 is 0.333 bits per heavy atom. The van der Waals surface area contributed by atoms with E-state index in [-0.39, 0.29) is 85.3 Å². The van der Waals surface area contributed by atoms with E-state index in [1.807, 2.05) is 109 Å². The van der Waals surface area contributed by atoms with E-state index in [2.05, 4.69) is 376 Å². The minimum atomic E-state index is -10.7. The zero-order valence-corrected chi connectivity index (χ0v) is 74.5. The van der Waals surface area contributed by atoms with Gasteiger partial charge in [-0.05, 0) is 111 Å². The van der Waals surface area contributed by atoms with Crippen LogP contribution in [-0.2, 0) is 85.3 Å². The molecule has 16 rings (SSSR count). The maximum Gasteiger partial charge on any atom is 2.00 e. The van der Waals surface area contributed by atoms with E-state index in [0.29, 0.717) is 0 Å². The smallest absolute Gasteiger partial charge is 0.360 e. The summed E-state index contributed by atoms with van der Waals surface area (Å²) in [6, 6.07) is 167. The third-order valence-corrected chi connectivity index (χ3v) is 34.2. The van der Waals surface area contributed by atoms with Crippen molar-refractivity contribution in [3.63, 3.8) is 0 Å². The Kier molecular flexibility index (Phi) is 48.0. The zero-order valence-electron chi connectivity index (χ0n) is 63.2. The first-order valence-corrected chi connectivity index (χ1v) is 47.2. The molecule has 0 spiro atoms.